The van der Waals surface area contributed by atoms with Gasteiger partial charge in [-0.25, -0.2) is 4.98 Å². The van der Waals surface area contributed by atoms with Gasteiger partial charge in [-0.05, 0) is 22.9 Å². The molecule has 0 spiro atoms. The van der Waals surface area contributed by atoms with Gasteiger partial charge in [-0.15, -0.1) is 0 Å². The lowest BCUT2D eigenvalue weighted by Crippen LogP contribution is -2.34. The van der Waals surface area contributed by atoms with E-state index in [1.165, 1.54) is 0 Å². The summed E-state index contributed by atoms with van der Waals surface area (Å²) in [5.74, 6) is 0.164. The molecule has 1 atom stereocenters. The SMILES string of the molecule is CCNc1ncc(Br)c(NCC(O)C(N)=O)n1. The first-order valence-corrected chi connectivity index (χ1v) is 5.81. The molecule has 1 heterocycles. The number of rotatable bonds is 6. The summed E-state index contributed by atoms with van der Waals surface area (Å²) in [5, 5.41) is 15.0. The largest absolute Gasteiger partial charge is 0.381 e. The predicted molar refractivity (Wildman–Crippen MR) is 67.6 cm³/mol. The van der Waals surface area contributed by atoms with Crippen LogP contribution in [0.4, 0.5) is 11.8 Å². The number of anilines is 2. The number of nitrogens with one attached hydrogen (secondary N) is 2. The molecule has 0 fully saturated rings. The van der Waals surface area contributed by atoms with Gasteiger partial charge in [0.2, 0.25) is 11.9 Å². The van der Waals surface area contributed by atoms with Crippen LogP contribution in [0, 0.1) is 0 Å². The molecule has 1 amide bonds. The van der Waals surface area contributed by atoms with Crippen molar-refractivity contribution >= 4 is 33.6 Å². The summed E-state index contributed by atoms with van der Waals surface area (Å²) in [5.41, 5.74) is 4.93. The van der Waals surface area contributed by atoms with E-state index in [2.05, 4.69) is 36.5 Å². The fraction of sp³-hybridized carbons (Fsp3) is 0.444. The minimum atomic E-state index is -1.25. The Morgan fingerprint density at radius 2 is 2.35 bits per heavy atom. The van der Waals surface area contributed by atoms with Gasteiger partial charge in [0.05, 0.1) is 11.0 Å². The minimum Gasteiger partial charge on any atom is -0.381 e. The second kappa shape index (κ2) is 6.36. The topological polar surface area (TPSA) is 113 Å². The molecular weight excluding hydrogens is 290 g/mol. The van der Waals surface area contributed by atoms with E-state index in [0.29, 0.717) is 22.8 Å². The lowest BCUT2D eigenvalue weighted by molar-refractivity contribution is -0.125. The van der Waals surface area contributed by atoms with Gasteiger partial charge in [0.1, 0.15) is 11.9 Å². The summed E-state index contributed by atoms with van der Waals surface area (Å²) in [6.07, 6.45) is 0.323. The van der Waals surface area contributed by atoms with E-state index < -0.39 is 12.0 Å². The average molecular weight is 304 g/mol. The van der Waals surface area contributed by atoms with Crippen LogP contribution >= 0.6 is 15.9 Å². The number of aromatic nitrogens is 2. The van der Waals surface area contributed by atoms with Crippen molar-refractivity contribution in [2.45, 2.75) is 13.0 Å². The van der Waals surface area contributed by atoms with E-state index in [0.717, 1.165) is 0 Å². The molecule has 8 heteroatoms. The van der Waals surface area contributed by atoms with Gasteiger partial charge < -0.3 is 21.5 Å². The van der Waals surface area contributed by atoms with Gasteiger partial charge in [0.15, 0.2) is 0 Å². The zero-order valence-corrected chi connectivity index (χ0v) is 10.9. The van der Waals surface area contributed by atoms with Gasteiger partial charge in [-0.2, -0.15) is 4.98 Å². The number of nitrogens with zero attached hydrogens (tertiary/aromatic N) is 2. The third-order valence-electron chi connectivity index (χ3n) is 1.87. The van der Waals surface area contributed by atoms with E-state index in [-0.39, 0.29) is 6.54 Å². The fourth-order valence-corrected chi connectivity index (χ4v) is 1.36. The Kier molecular flexibility index (Phi) is 5.11. The number of halogens is 1. The normalized spacial score (nSPS) is 11.9. The molecule has 0 saturated heterocycles. The molecule has 1 unspecified atom stereocenters. The minimum absolute atomic E-state index is 0.00346. The monoisotopic (exact) mass is 303 g/mol. The van der Waals surface area contributed by atoms with Crippen LogP contribution < -0.4 is 16.4 Å². The molecule has 5 N–H and O–H groups in total. The Morgan fingerprint density at radius 1 is 1.65 bits per heavy atom. The molecule has 0 bridgehead atoms. The van der Waals surface area contributed by atoms with Crippen LogP contribution in [0.15, 0.2) is 10.7 Å². The van der Waals surface area contributed by atoms with Crippen LogP contribution in [0.25, 0.3) is 0 Å². The maximum absolute atomic E-state index is 10.7. The average Bonchev–Trinajstić information content (AvgIpc) is 2.29. The molecule has 1 aromatic rings. The molecule has 0 aliphatic carbocycles. The maximum Gasteiger partial charge on any atom is 0.248 e. The quantitative estimate of drug-likeness (QED) is 0.585. The number of amides is 1. The predicted octanol–water partition coefficient (Wildman–Crippen LogP) is -0.0710. The van der Waals surface area contributed by atoms with Crippen molar-refractivity contribution in [2.24, 2.45) is 5.73 Å². The summed E-state index contributed by atoms with van der Waals surface area (Å²) in [6, 6.07) is 0. The van der Waals surface area contributed by atoms with E-state index in [4.69, 9.17) is 5.73 Å². The number of carbonyl (C=O) groups is 1. The molecule has 94 valence electrons. The summed E-state index contributed by atoms with van der Waals surface area (Å²) in [6.45, 7) is 2.62. The highest BCUT2D eigenvalue weighted by Crippen LogP contribution is 2.19. The first-order valence-electron chi connectivity index (χ1n) is 5.02. The van der Waals surface area contributed by atoms with Crippen LogP contribution in [-0.2, 0) is 4.79 Å². The highest BCUT2D eigenvalue weighted by atomic mass is 79.9. The summed E-state index contributed by atoms with van der Waals surface area (Å²) >= 11 is 3.26. The summed E-state index contributed by atoms with van der Waals surface area (Å²) < 4.78 is 0.635. The van der Waals surface area contributed by atoms with Gasteiger partial charge in [0.25, 0.3) is 0 Å². The van der Waals surface area contributed by atoms with Gasteiger partial charge >= 0.3 is 0 Å². The van der Waals surface area contributed by atoms with E-state index in [9.17, 15) is 9.90 Å². The maximum atomic E-state index is 10.7. The van der Waals surface area contributed by atoms with Crippen LogP contribution in [0.1, 0.15) is 6.92 Å². The Bertz CT molecular complexity index is 401. The first kappa shape index (κ1) is 13.7. The second-order valence-electron chi connectivity index (χ2n) is 3.22. The van der Waals surface area contributed by atoms with Gasteiger partial charge in [0, 0.05) is 12.7 Å². The number of aliphatic hydroxyl groups is 1. The summed E-state index contributed by atoms with van der Waals surface area (Å²) in [4.78, 5) is 18.8. The van der Waals surface area contributed by atoms with Crippen molar-refractivity contribution in [3.05, 3.63) is 10.7 Å². The lowest BCUT2D eigenvalue weighted by atomic mass is 10.3. The molecule has 1 rings (SSSR count). The van der Waals surface area contributed by atoms with E-state index in [1.807, 2.05) is 6.92 Å². The van der Waals surface area contributed by atoms with Crippen molar-refractivity contribution in [2.75, 3.05) is 23.7 Å². The Hall–Kier alpha value is -1.41. The first-order chi connectivity index (χ1) is 8.04. The molecule has 17 heavy (non-hydrogen) atoms. The molecule has 0 radical (unpaired) electrons. The molecule has 0 aliphatic rings. The fourth-order valence-electron chi connectivity index (χ4n) is 1.03. The highest BCUT2D eigenvalue weighted by molar-refractivity contribution is 9.10. The van der Waals surface area contributed by atoms with Crippen molar-refractivity contribution in [3.63, 3.8) is 0 Å². The molecule has 0 aromatic carbocycles. The lowest BCUT2D eigenvalue weighted by Gasteiger charge is -2.11. The van der Waals surface area contributed by atoms with E-state index in [1.54, 1.807) is 6.20 Å². The molecule has 0 saturated carbocycles. The van der Waals surface area contributed by atoms with Gasteiger partial charge in [-0.3, -0.25) is 4.79 Å². The third kappa shape index (κ3) is 4.16. The van der Waals surface area contributed by atoms with Gasteiger partial charge in [-0.1, -0.05) is 0 Å². The number of carbonyl (C=O) groups excluding carboxylic acids is 1. The van der Waals surface area contributed by atoms with Crippen LogP contribution in [-0.4, -0.2) is 40.2 Å². The Morgan fingerprint density at radius 3 is 2.94 bits per heavy atom. The highest BCUT2D eigenvalue weighted by Gasteiger charge is 2.12. The standard InChI is InChI=1S/C9H14BrN5O2/c1-2-12-9-14-3-5(10)8(15-9)13-4-6(16)7(11)17/h3,6,16H,2,4H2,1H3,(H2,11,17)(H2,12,13,14,15). The smallest absolute Gasteiger partial charge is 0.248 e. The van der Waals surface area contributed by atoms with Crippen molar-refractivity contribution in [3.8, 4) is 0 Å². The number of hydrogen-bond donors (Lipinski definition) is 4. The molecule has 0 aliphatic heterocycles. The van der Waals surface area contributed by atoms with Crippen LogP contribution in [0.3, 0.4) is 0 Å². The van der Waals surface area contributed by atoms with Crippen molar-refractivity contribution < 1.29 is 9.90 Å². The van der Waals surface area contributed by atoms with Crippen LogP contribution in [0.2, 0.25) is 0 Å². The Labute approximate surface area is 107 Å². The van der Waals surface area contributed by atoms with E-state index >= 15 is 0 Å². The zero-order valence-electron chi connectivity index (χ0n) is 9.27. The third-order valence-corrected chi connectivity index (χ3v) is 2.45. The Balaban J connectivity index is 2.69. The van der Waals surface area contributed by atoms with Crippen molar-refractivity contribution in [1.82, 2.24) is 9.97 Å². The number of primary amides is 1. The molecule has 1 aromatic heterocycles. The second-order valence-corrected chi connectivity index (χ2v) is 4.07. The zero-order chi connectivity index (χ0) is 12.8. The number of aliphatic hydroxyl groups excluding tert-OH is 1. The number of nitrogens with two attached hydrogens (primary N) is 1. The molecule has 7 nitrogen and oxygen atoms in total. The van der Waals surface area contributed by atoms with Crippen molar-refractivity contribution in [1.29, 1.82) is 0 Å². The molecular formula is C9H14BrN5O2. The summed E-state index contributed by atoms with van der Waals surface area (Å²) in [7, 11) is 0. The number of hydrogen-bond acceptors (Lipinski definition) is 6. The van der Waals surface area contributed by atoms with Crippen LogP contribution in [0.5, 0.6) is 0 Å².